The first-order valence-electron chi connectivity index (χ1n) is 5.97. The lowest BCUT2D eigenvalue weighted by Gasteiger charge is -2.25. The minimum absolute atomic E-state index is 0.425. The van der Waals surface area contributed by atoms with Crippen LogP contribution in [0.3, 0.4) is 0 Å². The summed E-state index contributed by atoms with van der Waals surface area (Å²) >= 11 is 0. The first-order valence-corrected chi connectivity index (χ1v) is 5.97. The Balaban J connectivity index is 3.20. The first kappa shape index (κ1) is 14.3. The lowest BCUT2D eigenvalue weighted by molar-refractivity contribution is -0.121. The highest BCUT2D eigenvalue weighted by Crippen LogP contribution is 2.32. The van der Waals surface area contributed by atoms with Crippen LogP contribution in [0.5, 0.6) is 5.75 Å². The van der Waals surface area contributed by atoms with E-state index in [0.29, 0.717) is 10.8 Å². The summed E-state index contributed by atoms with van der Waals surface area (Å²) in [5.41, 5.74) is 1.30. The van der Waals surface area contributed by atoms with Gasteiger partial charge < -0.3 is 9.64 Å². The van der Waals surface area contributed by atoms with Gasteiger partial charge in [0.05, 0.1) is 18.5 Å². The quantitative estimate of drug-likeness (QED) is 0.645. The SMILES string of the molecule is CCN(CC)c1cc(N(O)C(C)=O)ccc1OC. The van der Waals surface area contributed by atoms with E-state index in [0.717, 1.165) is 24.5 Å². The van der Waals surface area contributed by atoms with E-state index in [-0.39, 0.29) is 0 Å². The molecule has 1 N–H and O–H groups in total. The van der Waals surface area contributed by atoms with Crippen molar-refractivity contribution in [3.8, 4) is 5.75 Å². The molecule has 1 rings (SSSR count). The number of hydrogen-bond donors (Lipinski definition) is 1. The number of benzene rings is 1. The molecule has 0 saturated carbocycles. The molecule has 1 aromatic rings. The third-order valence-electron chi connectivity index (χ3n) is 2.81. The number of amides is 1. The molecule has 0 heterocycles. The fourth-order valence-electron chi connectivity index (χ4n) is 1.80. The Kier molecular flexibility index (Phi) is 4.97. The Morgan fingerprint density at radius 3 is 2.39 bits per heavy atom. The number of ether oxygens (including phenoxy) is 1. The van der Waals surface area contributed by atoms with Crippen LogP contribution in [-0.4, -0.2) is 31.3 Å². The lowest BCUT2D eigenvalue weighted by Crippen LogP contribution is -2.26. The standard InChI is InChI=1S/C13H20N2O3/c1-5-14(6-2)12-9-11(15(17)10(3)16)7-8-13(12)18-4/h7-9,17H,5-6H2,1-4H3. The van der Waals surface area contributed by atoms with E-state index in [9.17, 15) is 10.0 Å². The van der Waals surface area contributed by atoms with E-state index in [2.05, 4.69) is 4.90 Å². The van der Waals surface area contributed by atoms with E-state index in [4.69, 9.17) is 4.74 Å². The van der Waals surface area contributed by atoms with Gasteiger partial charge in [0.2, 0.25) is 5.91 Å². The monoisotopic (exact) mass is 252 g/mol. The van der Waals surface area contributed by atoms with Gasteiger partial charge in [0.15, 0.2) is 0 Å². The molecule has 0 aliphatic heterocycles. The zero-order valence-corrected chi connectivity index (χ0v) is 11.3. The normalized spacial score (nSPS) is 10.1. The summed E-state index contributed by atoms with van der Waals surface area (Å²) in [6.07, 6.45) is 0. The molecule has 5 heteroatoms. The second kappa shape index (κ2) is 6.26. The molecule has 0 aliphatic carbocycles. The summed E-state index contributed by atoms with van der Waals surface area (Å²) in [5, 5.41) is 10.3. The molecule has 0 spiro atoms. The van der Waals surface area contributed by atoms with E-state index in [1.54, 1.807) is 25.3 Å². The molecular formula is C13H20N2O3. The van der Waals surface area contributed by atoms with Gasteiger partial charge in [0.25, 0.3) is 0 Å². The van der Waals surface area contributed by atoms with E-state index >= 15 is 0 Å². The van der Waals surface area contributed by atoms with Crippen LogP contribution in [0.4, 0.5) is 11.4 Å². The van der Waals surface area contributed by atoms with Gasteiger partial charge in [0.1, 0.15) is 5.75 Å². The molecule has 0 bridgehead atoms. The largest absolute Gasteiger partial charge is 0.495 e. The van der Waals surface area contributed by atoms with Gasteiger partial charge in [-0.3, -0.25) is 10.0 Å². The molecule has 0 unspecified atom stereocenters. The molecule has 0 aliphatic rings. The molecule has 1 amide bonds. The minimum atomic E-state index is -0.425. The molecule has 1 aromatic carbocycles. The van der Waals surface area contributed by atoms with Crippen molar-refractivity contribution in [2.45, 2.75) is 20.8 Å². The lowest BCUT2D eigenvalue weighted by atomic mass is 10.2. The fraction of sp³-hybridized carbons (Fsp3) is 0.462. The highest BCUT2D eigenvalue weighted by Gasteiger charge is 2.14. The summed E-state index contributed by atoms with van der Waals surface area (Å²) < 4.78 is 5.30. The highest BCUT2D eigenvalue weighted by atomic mass is 16.5. The Hall–Kier alpha value is -1.75. The number of rotatable bonds is 5. The van der Waals surface area contributed by atoms with E-state index in [1.807, 2.05) is 13.8 Å². The molecule has 0 atom stereocenters. The Morgan fingerprint density at radius 2 is 1.94 bits per heavy atom. The van der Waals surface area contributed by atoms with E-state index in [1.165, 1.54) is 6.92 Å². The summed E-state index contributed by atoms with van der Waals surface area (Å²) in [7, 11) is 1.60. The maximum atomic E-state index is 11.1. The second-order valence-electron chi connectivity index (χ2n) is 3.86. The smallest absolute Gasteiger partial charge is 0.247 e. The van der Waals surface area contributed by atoms with Crippen molar-refractivity contribution in [2.24, 2.45) is 0 Å². The number of methoxy groups -OCH3 is 1. The molecule has 0 aromatic heterocycles. The molecule has 0 radical (unpaired) electrons. The van der Waals surface area contributed by atoms with Crippen LogP contribution in [-0.2, 0) is 4.79 Å². The number of carbonyl (C=O) groups is 1. The molecule has 0 saturated heterocycles. The average molecular weight is 252 g/mol. The zero-order chi connectivity index (χ0) is 13.7. The molecule has 0 fully saturated rings. The average Bonchev–Trinajstić information content (AvgIpc) is 2.39. The number of hydrogen-bond acceptors (Lipinski definition) is 4. The number of anilines is 2. The van der Waals surface area contributed by atoms with Gasteiger partial charge in [-0.05, 0) is 32.0 Å². The van der Waals surface area contributed by atoms with Crippen molar-refractivity contribution in [1.29, 1.82) is 0 Å². The Labute approximate surface area is 108 Å². The minimum Gasteiger partial charge on any atom is -0.495 e. The van der Waals surface area contributed by atoms with Crippen molar-refractivity contribution in [1.82, 2.24) is 0 Å². The highest BCUT2D eigenvalue weighted by molar-refractivity contribution is 5.90. The van der Waals surface area contributed by atoms with Crippen LogP contribution in [0.2, 0.25) is 0 Å². The second-order valence-corrected chi connectivity index (χ2v) is 3.86. The van der Waals surface area contributed by atoms with Gasteiger partial charge in [-0.15, -0.1) is 0 Å². The van der Waals surface area contributed by atoms with Crippen LogP contribution < -0.4 is 14.7 Å². The first-order chi connectivity index (χ1) is 8.54. The summed E-state index contributed by atoms with van der Waals surface area (Å²) in [4.78, 5) is 13.2. The van der Waals surface area contributed by atoms with Crippen molar-refractivity contribution in [3.05, 3.63) is 18.2 Å². The van der Waals surface area contributed by atoms with Gasteiger partial charge in [0, 0.05) is 20.0 Å². The van der Waals surface area contributed by atoms with Gasteiger partial charge >= 0.3 is 0 Å². The van der Waals surface area contributed by atoms with Crippen LogP contribution >= 0.6 is 0 Å². The third kappa shape index (κ3) is 2.92. The Morgan fingerprint density at radius 1 is 1.33 bits per heavy atom. The van der Waals surface area contributed by atoms with Crippen LogP contribution in [0.1, 0.15) is 20.8 Å². The van der Waals surface area contributed by atoms with E-state index < -0.39 is 5.91 Å². The summed E-state index contributed by atoms with van der Waals surface area (Å²) in [6.45, 7) is 7.03. The number of carbonyl (C=O) groups excluding carboxylic acids is 1. The Bertz CT molecular complexity index is 417. The van der Waals surface area contributed by atoms with Crippen molar-refractivity contribution >= 4 is 17.3 Å². The summed E-state index contributed by atoms with van der Waals surface area (Å²) in [5.74, 6) is 0.296. The van der Waals surface area contributed by atoms with Crippen LogP contribution in [0, 0.1) is 0 Å². The van der Waals surface area contributed by atoms with Gasteiger partial charge in [-0.25, -0.2) is 0 Å². The molecular weight excluding hydrogens is 232 g/mol. The summed E-state index contributed by atoms with van der Waals surface area (Å²) in [6, 6.07) is 5.13. The number of nitrogens with zero attached hydrogens (tertiary/aromatic N) is 2. The van der Waals surface area contributed by atoms with Gasteiger partial charge in [-0.2, -0.15) is 5.06 Å². The maximum absolute atomic E-state index is 11.1. The van der Waals surface area contributed by atoms with Crippen LogP contribution in [0.15, 0.2) is 18.2 Å². The molecule has 100 valence electrons. The predicted octanol–water partition coefficient (Wildman–Crippen LogP) is 2.28. The fourth-order valence-corrected chi connectivity index (χ4v) is 1.80. The molecule has 18 heavy (non-hydrogen) atoms. The predicted molar refractivity (Wildman–Crippen MR) is 71.5 cm³/mol. The van der Waals surface area contributed by atoms with Crippen molar-refractivity contribution < 1.29 is 14.7 Å². The maximum Gasteiger partial charge on any atom is 0.247 e. The van der Waals surface area contributed by atoms with Gasteiger partial charge in [-0.1, -0.05) is 0 Å². The topological polar surface area (TPSA) is 53.0 Å². The zero-order valence-electron chi connectivity index (χ0n) is 11.3. The molecule has 5 nitrogen and oxygen atoms in total. The third-order valence-corrected chi connectivity index (χ3v) is 2.81. The van der Waals surface area contributed by atoms with Crippen molar-refractivity contribution in [3.63, 3.8) is 0 Å². The number of hydroxylamine groups is 1. The van der Waals surface area contributed by atoms with Crippen LogP contribution in [0.25, 0.3) is 0 Å². The van der Waals surface area contributed by atoms with Crippen molar-refractivity contribution in [2.75, 3.05) is 30.2 Å².